The molecule has 1 heterocycles. The van der Waals surface area contributed by atoms with Gasteiger partial charge in [0.05, 0.1) is 0 Å². The molecule has 2 aliphatic carbocycles. The second-order valence-electron chi connectivity index (χ2n) is 5.52. The summed E-state index contributed by atoms with van der Waals surface area (Å²) in [7, 11) is 0. The SMILES string of the molecule is Cc1cc(C)nc(NC(C2CC2)C2CC2)c1. The van der Waals surface area contributed by atoms with Crippen molar-refractivity contribution in [3.05, 3.63) is 23.4 Å². The van der Waals surface area contributed by atoms with Crippen molar-refractivity contribution in [1.82, 2.24) is 4.98 Å². The summed E-state index contributed by atoms with van der Waals surface area (Å²) in [4.78, 5) is 4.58. The molecule has 2 saturated carbocycles. The van der Waals surface area contributed by atoms with Crippen molar-refractivity contribution in [3.8, 4) is 0 Å². The van der Waals surface area contributed by atoms with Gasteiger partial charge in [0.15, 0.2) is 0 Å². The van der Waals surface area contributed by atoms with Crippen LogP contribution in [0.1, 0.15) is 36.9 Å². The summed E-state index contributed by atoms with van der Waals surface area (Å²) < 4.78 is 0. The van der Waals surface area contributed by atoms with Crippen LogP contribution in [0.2, 0.25) is 0 Å². The van der Waals surface area contributed by atoms with Crippen molar-refractivity contribution in [2.24, 2.45) is 11.8 Å². The van der Waals surface area contributed by atoms with Crippen LogP contribution < -0.4 is 5.32 Å². The van der Waals surface area contributed by atoms with E-state index in [-0.39, 0.29) is 0 Å². The van der Waals surface area contributed by atoms with E-state index in [9.17, 15) is 0 Å². The van der Waals surface area contributed by atoms with E-state index in [2.05, 4.69) is 36.3 Å². The Balaban J connectivity index is 1.75. The van der Waals surface area contributed by atoms with E-state index in [4.69, 9.17) is 0 Å². The molecule has 2 heteroatoms. The number of anilines is 1. The Hall–Kier alpha value is -1.05. The Bertz CT molecular complexity index is 359. The van der Waals surface area contributed by atoms with E-state index in [0.717, 1.165) is 23.3 Å². The molecule has 0 atom stereocenters. The summed E-state index contributed by atoms with van der Waals surface area (Å²) in [6.45, 7) is 4.21. The van der Waals surface area contributed by atoms with E-state index >= 15 is 0 Å². The maximum atomic E-state index is 4.58. The molecule has 2 nitrogen and oxygen atoms in total. The predicted octanol–water partition coefficient (Wildman–Crippen LogP) is 3.30. The molecule has 0 amide bonds. The van der Waals surface area contributed by atoms with E-state index < -0.39 is 0 Å². The average Bonchev–Trinajstić information content (AvgIpc) is 3.07. The summed E-state index contributed by atoms with van der Waals surface area (Å²) in [6.07, 6.45) is 5.66. The van der Waals surface area contributed by atoms with E-state index in [1.165, 1.54) is 31.2 Å². The summed E-state index contributed by atoms with van der Waals surface area (Å²) >= 11 is 0. The monoisotopic (exact) mass is 216 g/mol. The van der Waals surface area contributed by atoms with Crippen LogP contribution in [0.5, 0.6) is 0 Å². The van der Waals surface area contributed by atoms with Crippen LogP contribution in [0, 0.1) is 25.7 Å². The normalized spacial score (nSPS) is 20.2. The molecule has 0 saturated heterocycles. The third-order valence-electron chi connectivity index (χ3n) is 3.67. The lowest BCUT2D eigenvalue weighted by molar-refractivity contribution is 0.565. The molecule has 0 spiro atoms. The number of aryl methyl sites for hydroxylation is 2. The number of nitrogens with one attached hydrogen (secondary N) is 1. The van der Waals surface area contributed by atoms with Gasteiger partial charge in [0.25, 0.3) is 0 Å². The van der Waals surface area contributed by atoms with Crippen LogP contribution >= 0.6 is 0 Å². The topological polar surface area (TPSA) is 24.9 Å². The van der Waals surface area contributed by atoms with Gasteiger partial charge in [0.2, 0.25) is 0 Å². The van der Waals surface area contributed by atoms with Gasteiger partial charge in [0, 0.05) is 11.7 Å². The van der Waals surface area contributed by atoms with Gasteiger partial charge in [-0.3, -0.25) is 0 Å². The highest BCUT2D eigenvalue weighted by molar-refractivity contribution is 5.41. The standard InChI is InChI=1S/C14H20N2/c1-9-7-10(2)15-13(8-9)16-14(11-3-4-11)12-5-6-12/h7-8,11-12,14H,3-6H2,1-2H3,(H,15,16). The highest BCUT2D eigenvalue weighted by Gasteiger charge is 2.41. The molecule has 0 unspecified atom stereocenters. The lowest BCUT2D eigenvalue weighted by Crippen LogP contribution is -2.24. The first-order valence-corrected chi connectivity index (χ1v) is 6.44. The van der Waals surface area contributed by atoms with Crippen molar-refractivity contribution in [2.75, 3.05) is 5.32 Å². The van der Waals surface area contributed by atoms with Crippen LogP contribution in [0.15, 0.2) is 12.1 Å². The summed E-state index contributed by atoms with van der Waals surface area (Å²) in [5.74, 6) is 2.94. The number of hydrogen-bond acceptors (Lipinski definition) is 2. The summed E-state index contributed by atoms with van der Waals surface area (Å²) in [5, 5.41) is 3.67. The van der Waals surface area contributed by atoms with E-state index in [1.54, 1.807) is 0 Å². The Kier molecular flexibility index (Phi) is 2.38. The first-order valence-electron chi connectivity index (χ1n) is 6.44. The lowest BCUT2D eigenvalue weighted by Gasteiger charge is -2.18. The van der Waals surface area contributed by atoms with Gasteiger partial charge in [-0.05, 0) is 69.1 Å². The fourth-order valence-corrected chi connectivity index (χ4v) is 2.62. The van der Waals surface area contributed by atoms with E-state index in [1.807, 2.05) is 0 Å². The zero-order valence-electron chi connectivity index (χ0n) is 10.2. The van der Waals surface area contributed by atoms with Gasteiger partial charge in [-0.25, -0.2) is 4.98 Å². The second kappa shape index (κ2) is 3.76. The highest BCUT2D eigenvalue weighted by Crippen LogP contribution is 2.45. The van der Waals surface area contributed by atoms with Gasteiger partial charge in [0.1, 0.15) is 5.82 Å². The van der Waals surface area contributed by atoms with Gasteiger partial charge in [-0.2, -0.15) is 0 Å². The molecule has 2 fully saturated rings. The molecule has 86 valence electrons. The number of rotatable bonds is 4. The number of aromatic nitrogens is 1. The van der Waals surface area contributed by atoms with Gasteiger partial charge in [-0.1, -0.05) is 0 Å². The largest absolute Gasteiger partial charge is 0.367 e. The van der Waals surface area contributed by atoms with E-state index in [0.29, 0.717) is 6.04 Å². The molecule has 2 aliphatic rings. The van der Waals surface area contributed by atoms with Crippen molar-refractivity contribution in [2.45, 2.75) is 45.6 Å². The molecule has 16 heavy (non-hydrogen) atoms. The van der Waals surface area contributed by atoms with Gasteiger partial charge >= 0.3 is 0 Å². The smallest absolute Gasteiger partial charge is 0.126 e. The maximum absolute atomic E-state index is 4.58. The molecule has 3 rings (SSSR count). The Morgan fingerprint density at radius 1 is 1.12 bits per heavy atom. The molecule has 1 N–H and O–H groups in total. The Morgan fingerprint density at radius 2 is 1.75 bits per heavy atom. The number of hydrogen-bond donors (Lipinski definition) is 1. The average molecular weight is 216 g/mol. The molecule has 1 aromatic rings. The second-order valence-corrected chi connectivity index (χ2v) is 5.52. The third kappa shape index (κ3) is 2.21. The molecule has 0 radical (unpaired) electrons. The summed E-state index contributed by atoms with van der Waals surface area (Å²) in [5.41, 5.74) is 2.42. The first kappa shape index (κ1) is 10.1. The van der Waals surface area contributed by atoms with Crippen molar-refractivity contribution >= 4 is 5.82 Å². The fraction of sp³-hybridized carbons (Fsp3) is 0.643. The lowest BCUT2D eigenvalue weighted by atomic mass is 10.1. The quantitative estimate of drug-likeness (QED) is 0.835. The zero-order valence-corrected chi connectivity index (χ0v) is 10.2. The highest BCUT2D eigenvalue weighted by atomic mass is 15.0. The fourth-order valence-electron chi connectivity index (χ4n) is 2.62. The minimum Gasteiger partial charge on any atom is -0.367 e. The van der Waals surface area contributed by atoms with Crippen LogP contribution in [0.3, 0.4) is 0 Å². The maximum Gasteiger partial charge on any atom is 0.126 e. The number of nitrogens with zero attached hydrogens (tertiary/aromatic N) is 1. The molecular formula is C14H20N2. The molecule has 0 aromatic carbocycles. The minimum atomic E-state index is 0.702. The Labute approximate surface area is 97.5 Å². The predicted molar refractivity (Wildman–Crippen MR) is 66.6 cm³/mol. The van der Waals surface area contributed by atoms with Crippen molar-refractivity contribution < 1.29 is 0 Å². The zero-order chi connectivity index (χ0) is 11.1. The molecular weight excluding hydrogens is 196 g/mol. The van der Waals surface area contributed by atoms with Crippen LogP contribution in [-0.4, -0.2) is 11.0 Å². The van der Waals surface area contributed by atoms with Gasteiger partial charge < -0.3 is 5.32 Å². The number of pyridine rings is 1. The molecule has 0 bridgehead atoms. The van der Waals surface area contributed by atoms with Crippen molar-refractivity contribution in [1.29, 1.82) is 0 Å². The van der Waals surface area contributed by atoms with Crippen LogP contribution in [0.4, 0.5) is 5.82 Å². The minimum absolute atomic E-state index is 0.702. The summed E-state index contributed by atoms with van der Waals surface area (Å²) in [6, 6.07) is 5.01. The first-order chi connectivity index (χ1) is 7.72. The third-order valence-corrected chi connectivity index (χ3v) is 3.67. The molecule has 0 aliphatic heterocycles. The molecule has 1 aromatic heterocycles. The van der Waals surface area contributed by atoms with Crippen LogP contribution in [0.25, 0.3) is 0 Å². The van der Waals surface area contributed by atoms with Gasteiger partial charge in [-0.15, -0.1) is 0 Å². The Morgan fingerprint density at radius 3 is 2.25 bits per heavy atom. The van der Waals surface area contributed by atoms with Crippen LogP contribution in [-0.2, 0) is 0 Å². The van der Waals surface area contributed by atoms with Crippen molar-refractivity contribution in [3.63, 3.8) is 0 Å².